The number of aryl methyl sites for hydroxylation is 1. The molecule has 1 atom stereocenters. The Bertz CT molecular complexity index is 658. The second kappa shape index (κ2) is 6.18. The van der Waals surface area contributed by atoms with Gasteiger partial charge in [0.1, 0.15) is 23.2 Å². The maximum Gasteiger partial charge on any atom is 0.132 e. The van der Waals surface area contributed by atoms with Crippen molar-refractivity contribution in [2.45, 2.75) is 13.0 Å². The minimum absolute atomic E-state index is 0.0599. The third kappa shape index (κ3) is 3.03. The van der Waals surface area contributed by atoms with E-state index in [1.54, 1.807) is 13.1 Å². The van der Waals surface area contributed by atoms with E-state index in [0.717, 1.165) is 12.1 Å². The van der Waals surface area contributed by atoms with Gasteiger partial charge < -0.3 is 10.1 Å². The molecule has 0 amide bonds. The lowest BCUT2D eigenvalue weighted by molar-refractivity contribution is 0.410. The number of benzene rings is 2. The van der Waals surface area contributed by atoms with Gasteiger partial charge in [-0.15, -0.1) is 0 Å². The molecule has 2 rings (SSSR count). The molecular weight excluding hydrogens is 279 g/mol. The van der Waals surface area contributed by atoms with Crippen LogP contribution in [0.1, 0.15) is 22.7 Å². The summed E-state index contributed by atoms with van der Waals surface area (Å²) in [6, 6.07) is 5.69. The molecule has 0 heterocycles. The maximum absolute atomic E-state index is 14.1. The molecule has 0 spiro atoms. The summed E-state index contributed by atoms with van der Waals surface area (Å²) in [6.45, 7) is 1.48. The highest BCUT2D eigenvalue weighted by Crippen LogP contribution is 2.29. The first-order chi connectivity index (χ1) is 9.97. The van der Waals surface area contributed by atoms with E-state index in [1.165, 1.54) is 26.2 Å². The zero-order valence-electron chi connectivity index (χ0n) is 12.0. The van der Waals surface area contributed by atoms with E-state index in [2.05, 4.69) is 5.32 Å². The Labute approximate surface area is 121 Å². The third-order valence-corrected chi connectivity index (χ3v) is 3.40. The lowest BCUT2D eigenvalue weighted by atomic mass is 9.96. The van der Waals surface area contributed by atoms with Crippen molar-refractivity contribution in [2.24, 2.45) is 0 Å². The summed E-state index contributed by atoms with van der Waals surface area (Å²) < 4.78 is 46.8. The molecule has 21 heavy (non-hydrogen) atoms. The van der Waals surface area contributed by atoms with Gasteiger partial charge in [0, 0.05) is 17.2 Å². The fourth-order valence-corrected chi connectivity index (χ4v) is 2.23. The first kappa shape index (κ1) is 15.4. The van der Waals surface area contributed by atoms with Gasteiger partial charge >= 0.3 is 0 Å². The Morgan fingerprint density at radius 3 is 2.19 bits per heavy atom. The van der Waals surface area contributed by atoms with Gasteiger partial charge in [0.25, 0.3) is 0 Å². The Morgan fingerprint density at radius 2 is 1.62 bits per heavy atom. The number of ether oxygens (including phenoxy) is 1. The quantitative estimate of drug-likeness (QED) is 0.928. The van der Waals surface area contributed by atoms with Gasteiger partial charge in [0.2, 0.25) is 0 Å². The van der Waals surface area contributed by atoms with Gasteiger partial charge in [0.05, 0.1) is 13.2 Å². The molecule has 0 saturated heterocycles. The number of rotatable bonds is 4. The summed E-state index contributed by atoms with van der Waals surface area (Å²) in [5.74, 6) is -1.29. The van der Waals surface area contributed by atoms with Crippen LogP contribution < -0.4 is 10.1 Å². The minimum Gasteiger partial charge on any atom is -0.497 e. The van der Waals surface area contributed by atoms with Crippen molar-refractivity contribution in [3.63, 3.8) is 0 Å². The molecule has 1 unspecified atom stereocenters. The van der Waals surface area contributed by atoms with Crippen molar-refractivity contribution >= 4 is 0 Å². The molecule has 112 valence electrons. The number of methoxy groups -OCH3 is 1. The summed E-state index contributed by atoms with van der Waals surface area (Å²) in [4.78, 5) is 0. The molecule has 0 aliphatic carbocycles. The number of nitrogens with one attached hydrogen (secondary N) is 1. The Balaban J connectivity index is 2.52. The van der Waals surface area contributed by atoms with Crippen LogP contribution in [0.2, 0.25) is 0 Å². The molecule has 2 aromatic carbocycles. The summed E-state index contributed by atoms with van der Waals surface area (Å²) in [5, 5.41) is 2.81. The van der Waals surface area contributed by atoms with E-state index >= 15 is 0 Å². The monoisotopic (exact) mass is 295 g/mol. The minimum atomic E-state index is -0.786. The molecule has 0 fully saturated rings. The molecule has 2 aromatic rings. The molecule has 0 bridgehead atoms. The first-order valence-electron chi connectivity index (χ1n) is 6.44. The van der Waals surface area contributed by atoms with Gasteiger partial charge in [-0.2, -0.15) is 0 Å². The van der Waals surface area contributed by atoms with Crippen LogP contribution in [0, 0.1) is 24.4 Å². The summed E-state index contributed by atoms with van der Waals surface area (Å²) in [7, 11) is 2.99. The van der Waals surface area contributed by atoms with Crippen LogP contribution in [0.25, 0.3) is 0 Å². The predicted molar refractivity (Wildman–Crippen MR) is 74.9 cm³/mol. The smallest absolute Gasteiger partial charge is 0.132 e. The van der Waals surface area contributed by atoms with E-state index in [4.69, 9.17) is 4.74 Å². The molecule has 1 N–H and O–H groups in total. The fraction of sp³-hybridized carbons (Fsp3) is 0.250. The molecule has 0 saturated carbocycles. The van der Waals surface area contributed by atoms with E-state index in [1.807, 2.05) is 0 Å². The van der Waals surface area contributed by atoms with Gasteiger partial charge in [-0.25, -0.2) is 13.2 Å². The van der Waals surface area contributed by atoms with Crippen LogP contribution in [0.3, 0.4) is 0 Å². The third-order valence-electron chi connectivity index (χ3n) is 3.40. The highest BCUT2D eigenvalue weighted by Gasteiger charge is 2.21. The average Bonchev–Trinajstić information content (AvgIpc) is 2.46. The predicted octanol–water partition coefficient (Wildman–Crippen LogP) is 3.73. The van der Waals surface area contributed by atoms with Gasteiger partial charge in [-0.05, 0) is 37.7 Å². The van der Waals surface area contributed by atoms with Crippen molar-refractivity contribution in [3.8, 4) is 5.75 Å². The van der Waals surface area contributed by atoms with E-state index in [9.17, 15) is 13.2 Å². The van der Waals surface area contributed by atoms with E-state index in [-0.39, 0.29) is 16.7 Å². The molecule has 2 nitrogen and oxygen atoms in total. The standard InChI is InChI=1S/C16H16F3NO/c1-9-6-14(18)12(8-13(9)17)16(20-2)11-5-4-10(21-3)7-15(11)19/h4-8,16,20H,1-3H3. The number of halogens is 3. The average molecular weight is 295 g/mol. The topological polar surface area (TPSA) is 21.3 Å². The molecule has 0 aliphatic heterocycles. The summed E-state index contributed by atoms with van der Waals surface area (Å²) in [6.07, 6.45) is 0. The Hall–Kier alpha value is -2.01. The van der Waals surface area contributed by atoms with Crippen LogP contribution >= 0.6 is 0 Å². The van der Waals surface area contributed by atoms with Gasteiger partial charge in [-0.3, -0.25) is 0 Å². The molecule has 0 aliphatic rings. The normalized spacial score (nSPS) is 12.3. The molecule has 0 radical (unpaired) electrons. The fourth-order valence-electron chi connectivity index (χ4n) is 2.23. The van der Waals surface area contributed by atoms with Crippen LogP contribution in [-0.4, -0.2) is 14.2 Å². The van der Waals surface area contributed by atoms with E-state index in [0.29, 0.717) is 5.75 Å². The maximum atomic E-state index is 14.1. The molecular formula is C16H16F3NO. The Kier molecular flexibility index (Phi) is 4.53. The SMILES string of the molecule is CNC(c1ccc(OC)cc1F)c1cc(F)c(C)cc1F. The zero-order valence-corrected chi connectivity index (χ0v) is 12.0. The van der Waals surface area contributed by atoms with Crippen molar-refractivity contribution in [2.75, 3.05) is 14.2 Å². The second-order valence-corrected chi connectivity index (χ2v) is 4.73. The zero-order chi connectivity index (χ0) is 15.6. The van der Waals surface area contributed by atoms with Crippen LogP contribution in [0.15, 0.2) is 30.3 Å². The highest BCUT2D eigenvalue weighted by atomic mass is 19.1. The molecule has 5 heteroatoms. The van der Waals surface area contributed by atoms with Crippen molar-refractivity contribution in [3.05, 3.63) is 64.5 Å². The van der Waals surface area contributed by atoms with E-state index < -0.39 is 23.5 Å². The second-order valence-electron chi connectivity index (χ2n) is 4.73. The Morgan fingerprint density at radius 1 is 0.952 bits per heavy atom. The van der Waals surface area contributed by atoms with Crippen molar-refractivity contribution < 1.29 is 17.9 Å². The summed E-state index contributed by atoms with van der Waals surface area (Å²) >= 11 is 0. The number of hydrogen-bond donors (Lipinski definition) is 1. The van der Waals surface area contributed by atoms with Crippen molar-refractivity contribution in [1.29, 1.82) is 0 Å². The van der Waals surface area contributed by atoms with Gasteiger partial charge in [-0.1, -0.05) is 6.07 Å². The van der Waals surface area contributed by atoms with Gasteiger partial charge in [0.15, 0.2) is 0 Å². The first-order valence-corrected chi connectivity index (χ1v) is 6.44. The lowest BCUT2D eigenvalue weighted by Crippen LogP contribution is -2.20. The molecule has 0 aromatic heterocycles. The van der Waals surface area contributed by atoms with Crippen LogP contribution in [-0.2, 0) is 0 Å². The summed E-state index contributed by atoms with van der Waals surface area (Å²) in [5.41, 5.74) is 0.492. The van der Waals surface area contributed by atoms with Crippen molar-refractivity contribution in [1.82, 2.24) is 5.32 Å². The van der Waals surface area contributed by atoms with Crippen LogP contribution in [0.4, 0.5) is 13.2 Å². The largest absolute Gasteiger partial charge is 0.497 e. The van der Waals surface area contributed by atoms with Crippen LogP contribution in [0.5, 0.6) is 5.75 Å². The number of hydrogen-bond acceptors (Lipinski definition) is 2. The highest BCUT2D eigenvalue weighted by molar-refractivity contribution is 5.38. The lowest BCUT2D eigenvalue weighted by Gasteiger charge is -2.19.